The van der Waals surface area contributed by atoms with Crippen molar-refractivity contribution in [1.82, 2.24) is 5.32 Å². The molecule has 0 aliphatic rings. The molecule has 0 heterocycles. The summed E-state index contributed by atoms with van der Waals surface area (Å²) in [5.74, 6) is 0.906. The first kappa shape index (κ1) is 14.0. The Bertz CT molecular complexity index is 306. The third-order valence-corrected chi connectivity index (χ3v) is 2.84. The summed E-state index contributed by atoms with van der Waals surface area (Å²) in [6.45, 7) is 7.14. The lowest BCUT2D eigenvalue weighted by Gasteiger charge is -2.26. The second kappa shape index (κ2) is 6.62. The molecule has 1 aromatic carbocycles. The molecular weight excluding hydrogens is 214 g/mol. The van der Waals surface area contributed by atoms with Crippen LogP contribution in [-0.4, -0.2) is 29.9 Å². The average molecular weight is 237 g/mol. The lowest BCUT2D eigenvalue weighted by atomic mass is 10.0. The molecule has 1 aromatic rings. The fourth-order valence-corrected chi connectivity index (χ4v) is 1.35. The molecule has 96 valence electrons. The van der Waals surface area contributed by atoms with E-state index in [0.717, 1.165) is 18.7 Å². The molecule has 0 bridgehead atoms. The predicted octanol–water partition coefficient (Wildman–Crippen LogP) is 2.20. The van der Waals surface area contributed by atoms with Gasteiger partial charge in [-0.2, -0.15) is 0 Å². The first-order valence-electron chi connectivity index (χ1n) is 6.14. The zero-order valence-electron chi connectivity index (χ0n) is 10.9. The minimum Gasteiger partial charge on any atom is -0.494 e. The van der Waals surface area contributed by atoms with Crippen LogP contribution in [0.3, 0.4) is 0 Å². The topological polar surface area (TPSA) is 41.5 Å². The molecule has 0 radical (unpaired) electrons. The highest BCUT2D eigenvalue weighted by Crippen LogP contribution is 2.09. The van der Waals surface area contributed by atoms with Crippen molar-refractivity contribution >= 4 is 0 Å². The lowest BCUT2D eigenvalue weighted by Crippen LogP contribution is -2.45. The number of ether oxygens (including phenoxy) is 1. The van der Waals surface area contributed by atoms with E-state index in [9.17, 15) is 5.11 Å². The highest BCUT2D eigenvalue weighted by Gasteiger charge is 2.20. The van der Waals surface area contributed by atoms with E-state index in [-0.39, 0.29) is 6.04 Å². The fourth-order valence-electron chi connectivity index (χ4n) is 1.35. The van der Waals surface area contributed by atoms with Crippen LogP contribution in [-0.2, 0) is 0 Å². The van der Waals surface area contributed by atoms with Gasteiger partial charge in [0.2, 0.25) is 0 Å². The molecular formula is C14H23NO2. The second-order valence-corrected chi connectivity index (χ2v) is 4.84. The van der Waals surface area contributed by atoms with E-state index in [1.807, 2.05) is 51.1 Å². The Balaban J connectivity index is 2.09. The summed E-state index contributed by atoms with van der Waals surface area (Å²) in [5.41, 5.74) is -0.680. The lowest BCUT2D eigenvalue weighted by molar-refractivity contribution is 0.0440. The van der Waals surface area contributed by atoms with Crippen LogP contribution in [0.15, 0.2) is 30.3 Å². The standard InChI is InChI=1S/C14H23NO2/c1-12(14(2,3)16)15-10-7-11-17-13-8-5-4-6-9-13/h4-6,8-9,12,15-16H,7,10-11H2,1-3H3. The SMILES string of the molecule is CC(NCCCOc1ccccc1)C(C)(C)O. The molecule has 0 spiro atoms. The predicted molar refractivity (Wildman–Crippen MR) is 70.3 cm³/mol. The van der Waals surface area contributed by atoms with Crippen LogP contribution in [0.5, 0.6) is 5.75 Å². The third kappa shape index (κ3) is 5.71. The van der Waals surface area contributed by atoms with Gasteiger partial charge in [0.05, 0.1) is 12.2 Å². The maximum Gasteiger partial charge on any atom is 0.119 e. The van der Waals surface area contributed by atoms with Gasteiger partial charge in [-0.1, -0.05) is 18.2 Å². The first-order valence-corrected chi connectivity index (χ1v) is 6.14. The molecule has 0 fully saturated rings. The van der Waals surface area contributed by atoms with Crippen LogP contribution in [0.2, 0.25) is 0 Å². The zero-order chi connectivity index (χ0) is 12.7. The summed E-state index contributed by atoms with van der Waals surface area (Å²) in [4.78, 5) is 0. The summed E-state index contributed by atoms with van der Waals surface area (Å²) in [7, 11) is 0. The largest absolute Gasteiger partial charge is 0.494 e. The van der Waals surface area contributed by atoms with Gasteiger partial charge in [0.15, 0.2) is 0 Å². The molecule has 0 aliphatic heterocycles. The van der Waals surface area contributed by atoms with Gasteiger partial charge in [0.1, 0.15) is 5.75 Å². The van der Waals surface area contributed by atoms with Crippen molar-refractivity contribution < 1.29 is 9.84 Å². The van der Waals surface area contributed by atoms with Crippen molar-refractivity contribution in [3.8, 4) is 5.75 Å². The Morgan fingerprint density at radius 1 is 1.29 bits per heavy atom. The minimum absolute atomic E-state index is 0.0826. The van der Waals surface area contributed by atoms with Gasteiger partial charge in [-0.3, -0.25) is 0 Å². The number of para-hydroxylation sites is 1. The number of nitrogens with one attached hydrogen (secondary N) is 1. The number of rotatable bonds is 7. The van der Waals surface area contributed by atoms with Crippen LogP contribution in [0.4, 0.5) is 0 Å². The summed E-state index contributed by atoms with van der Waals surface area (Å²) in [6, 6.07) is 9.88. The highest BCUT2D eigenvalue weighted by molar-refractivity contribution is 5.20. The maximum absolute atomic E-state index is 9.73. The van der Waals surface area contributed by atoms with E-state index in [4.69, 9.17) is 4.74 Å². The average Bonchev–Trinajstić information content (AvgIpc) is 2.28. The van der Waals surface area contributed by atoms with Gasteiger partial charge in [-0.15, -0.1) is 0 Å². The van der Waals surface area contributed by atoms with Crippen molar-refractivity contribution in [2.24, 2.45) is 0 Å². The van der Waals surface area contributed by atoms with Gasteiger partial charge in [-0.25, -0.2) is 0 Å². The Labute approximate surface area is 104 Å². The van der Waals surface area contributed by atoms with Crippen LogP contribution in [0.25, 0.3) is 0 Å². The Morgan fingerprint density at radius 2 is 1.94 bits per heavy atom. The Hall–Kier alpha value is -1.06. The Kier molecular flexibility index (Phi) is 5.45. The minimum atomic E-state index is -0.680. The second-order valence-electron chi connectivity index (χ2n) is 4.84. The molecule has 0 aliphatic carbocycles. The van der Waals surface area contributed by atoms with E-state index in [2.05, 4.69) is 5.32 Å². The van der Waals surface area contributed by atoms with Crippen LogP contribution in [0, 0.1) is 0 Å². The van der Waals surface area contributed by atoms with Gasteiger partial charge in [0.25, 0.3) is 0 Å². The van der Waals surface area contributed by atoms with Gasteiger partial charge in [0, 0.05) is 6.04 Å². The molecule has 0 saturated heterocycles. The molecule has 0 saturated carbocycles. The molecule has 0 aromatic heterocycles. The van der Waals surface area contributed by atoms with Gasteiger partial charge >= 0.3 is 0 Å². The van der Waals surface area contributed by atoms with E-state index in [1.165, 1.54) is 0 Å². The fraction of sp³-hybridized carbons (Fsp3) is 0.571. The smallest absolute Gasteiger partial charge is 0.119 e. The number of benzene rings is 1. The van der Waals surface area contributed by atoms with Crippen molar-refractivity contribution in [3.05, 3.63) is 30.3 Å². The van der Waals surface area contributed by atoms with Crippen LogP contribution < -0.4 is 10.1 Å². The molecule has 17 heavy (non-hydrogen) atoms. The maximum atomic E-state index is 9.73. The zero-order valence-corrected chi connectivity index (χ0v) is 10.9. The summed E-state index contributed by atoms with van der Waals surface area (Å²) in [6.07, 6.45) is 0.926. The molecule has 3 nitrogen and oxygen atoms in total. The van der Waals surface area contributed by atoms with Crippen molar-refractivity contribution in [1.29, 1.82) is 0 Å². The molecule has 0 amide bonds. The van der Waals surface area contributed by atoms with E-state index in [1.54, 1.807) is 0 Å². The van der Waals surface area contributed by atoms with Crippen molar-refractivity contribution in [2.75, 3.05) is 13.2 Å². The monoisotopic (exact) mass is 237 g/mol. The molecule has 2 N–H and O–H groups in total. The van der Waals surface area contributed by atoms with E-state index < -0.39 is 5.60 Å². The number of hydrogen-bond acceptors (Lipinski definition) is 3. The first-order chi connectivity index (χ1) is 8.00. The summed E-state index contributed by atoms with van der Waals surface area (Å²) in [5, 5.41) is 13.0. The van der Waals surface area contributed by atoms with Gasteiger partial charge in [-0.05, 0) is 45.9 Å². The third-order valence-electron chi connectivity index (χ3n) is 2.84. The van der Waals surface area contributed by atoms with Crippen molar-refractivity contribution in [3.63, 3.8) is 0 Å². The molecule has 1 atom stereocenters. The molecule has 1 rings (SSSR count). The van der Waals surface area contributed by atoms with Crippen LogP contribution >= 0.6 is 0 Å². The summed E-state index contributed by atoms with van der Waals surface area (Å²) < 4.78 is 5.57. The summed E-state index contributed by atoms with van der Waals surface area (Å²) >= 11 is 0. The highest BCUT2D eigenvalue weighted by atomic mass is 16.5. The number of aliphatic hydroxyl groups is 1. The van der Waals surface area contributed by atoms with Crippen LogP contribution in [0.1, 0.15) is 27.2 Å². The Morgan fingerprint density at radius 3 is 2.53 bits per heavy atom. The van der Waals surface area contributed by atoms with Crippen molar-refractivity contribution in [2.45, 2.75) is 38.8 Å². The van der Waals surface area contributed by atoms with Gasteiger partial charge < -0.3 is 15.2 Å². The van der Waals surface area contributed by atoms with E-state index in [0.29, 0.717) is 6.61 Å². The number of hydrogen-bond donors (Lipinski definition) is 2. The quantitative estimate of drug-likeness (QED) is 0.714. The van der Waals surface area contributed by atoms with E-state index >= 15 is 0 Å². The normalized spacial score (nSPS) is 13.4. The molecule has 3 heteroatoms. The molecule has 1 unspecified atom stereocenters.